The predicted octanol–water partition coefficient (Wildman–Crippen LogP) is -3.04. The molecule has 8 heavy (non-hydrogen) atoms. The van der Waals surface area contributed by atoms with Crippen molar-refractivity contribution >= 4 is 5.97 Å². The summed E-state index contributed by atoms with van der Waals surface area (Å²) in [5.41, 5.74) is 0. The van der Waals surface area contributed by atoms with Gasteiger partial charge in [0.15, 0.2) is 0 Å². The number of carboxylic acid groups (broad SMARTS) is 1. The van der Waals surface area contributed by atoms with Crippen LogP contribution < -0.4 is 58.2 Å². The summed E-state index contributed by atoms with van der Waals surface area (Å²) in [7, 11) is 0. The van der Waals surface area contributed by atoms with Crippen LogP contribution in [0.25, 0.3) is 0 Å². The third-order valence-corrected chi connectivity index (χ3v) is 0.549. The minimum atomic E-state index is -0.853. The zero-order valence-corrected chi connectivity index (χ0v) is 9.84. The Labute approximate surface area is 98.4 Å². The largest absolute Gasteiger partial charge is 1.00 e. The average Bonchev–Trinajstić information content (AvgIpc) is 1.61. The van der Waals surface area contributed by atoms with Gasteiger partial charge in [-0.05, 0) is 6.42 Å². The minimum absolute atomic E-state index is 0. The first-order valence-electron chi connectivity index (χ1n) is 2.10. The number of carboxylic acids is 1. The van der Waals surface area contributed by atoms with Crippen LogP contribution in [0.5, 0.6) is 0 Å². The maximum atomic E-state index is 9.65. The zero-order valence-electron chi connectivity index (χ0n) is 5.92. The number of rotatable bonds is 3. The number of hydrogen-bond donors (Lipinski definition) is 2. The van der Waals surface area contributed by atoms with E-state index >= 15 is 0 Å². The predicted molar refractivity (Wildman–Crippen MR) is 25.1 cm³/mol. The minimum Gasteiger partial charge on any atom is -1.00 e. The van der Waals surface area contributed by atoms with E-state index in [1.54, 1.807) is 0 Å². The first-order chi connectivity index (χ1) is 3.27. The van der Waals surface area contributed by atoms with Crippen LogP contribution in [0, 0.1) is 0 Å². The molecule has 0 rings (SSSR count). The van der Waals surface area contributed by atoms with Crippen LogP contribution in [0.2, 0.25) is 0 Å². The first kappa shape index (κ1) is 12.0. The standard InChI is InChI=1S/C4H8O3.Rb.H/c5-3-1-2-4(6)7;;/h5H,1-3H2,(H,6,7);;/q;+1;-1. The molecule has 0 bridgehead atoms. The van der Waals surface area contributed by atoms with E-state index < -0.39 is 5.97 Å². The van der Waals surface area contributed by atoms with Crippen molar-refractivity contribution in [2.24, 2.45) is 0 Å². The molecule has 0 aliphatic rings. The van der Waals surface area contributed by atoms with Gasteiger partial charge in [-0.2, -0.15) is 0 Å². The molecule has 0 aromatic heterocycles. The second-order valence-electron chi connectivity index (χ2n) is 1.22. The molecule has 0 saturated heterocycles. The molecule has 0 unspecified atom stereocenters. The van der Waals surface area contributed by atoms with Gasteiger partial charge < -0.3 is 11.6 Å². The van der Waals surface area contributed by atoms with E-state index in [-0.39, 0.29) is 72.6 Å². The molecule has 0 aliphatic carbocycles. The van der Waals surface area contributed by atoms with E-state index in [1.165, 1.54) is 0 Å². The number of hydrogen-bond acceptors (Lipinski definition) is 2. The Morgan fingerprint density at radius 2 is 2.12 bits per heavy atom. The van der Waals surface area contributed by atoms with Crippen LogP contribution in [-0.2, 0) is 4.79 Å². The van der Waals surface area contributed by atoms with E-state index in [0.717, 1.165) is 0 Å². The summed E-state index contributed by atoms with van der Waals surface area (Å²) in [5.74, 6) is -0.853. The monoisotopic (exact) mass is 190 g/mol. The van der Waals surface area contributed by atoms with Crippen LogP contribution in [-0.4, -0.2) is 22.8 Å². The topological polar surface area (TPSA) is 57.5 Å². The molecule has 2 N–H and O–H groups in total. The number of carbonyl (C=O) groups is 1. The van der Waals surface area contributed by atoms with Crippen molar-refractivity contribution < 1.29 is 74.6 Å². The third-order valence-electron chi connectivity index (χ3n) is 0.549. The molecule has 4 heteroatoms. The Morgan fingerprint density at radius 1 is 1.62 bits per heavy atom. The molecule has 0 saturated carbocycles. The van der Waals surface area contributed by atoms with Crippen molar-refractivity contribution in [2.45, 2.75) is 12.8 Å². The van der Waals surface area contributed by atoms with Gasteiger partial charge in [0.2, 0.25) is 0 Å². The van der Waals surface area contributed by atoms with Crippen LogP contribution in [0.1, 0.15) is 14.3 Å². The van der Waals surface area contributed by atoms with Crippen LogP contribution in [0.3, 0.4) is 0 Å². The van der Waals surface area contributed by atoms with E-state index in [4.69, 9.17) is 10.2 Å². The molecule has 0 spiro atoms. The molecular weight excluding hydrogens is 182 g/mol. The Hall–Kier alpha value is 1.24. The molecule has 0 fully saturated rings. The van der Waals surface area contributed by atoms with Crippen molar-refractivity contribution in [1.29, 1.82) is 0 Å². The molecule has 0 heterocycles. The van der Waals surface area contributed by atoms with Crippen LogP contribution >= 0.6 is 0 Å². The van der Waals surface area contributed by atoms with Crippen molar-refractivity contribution in [3.05, 3.63) is 0 Å². The summed E-state index contributed by atoms with van der Waals surface area (Å²) in [6, 6.07) is 0. The van der Waals surface area contributed by atoms with Gasteiger partial charge >= 0.3 is 64.2 Å². The molecule has 3 nitrogen and oxygen atoms in total. The SMILES string of the molecule is O=C(O)CCCO.[H-].[Rb+]. The number of aliphatic hydroxyl groups is 1. The molecule has 0 aliphatic heterocycles. The van der Waals surface area contributed by atoms with E-state index in [0.29, 0.717) is 6.42 Å². The smallest absolute Gasteiger partial charge is 1.00 e. The van der Waals surface area contributed by atoms with Gasteiger partial charge in [0.25, 0.3) is 0 Å². The van der Waals surface area contributed by atoms with Gasteiger partial charge in [-0.3, -0.25) is 4.79 Å². The normalized spacial score (nSPS) is 7.62. The first-order valence-corrected chi connectivity index (χ1v) is 2.10. The fraction of sp³-hybridized carbons (Fsp3) is 0.750. The number of aliphatic hydroxyl groups excluding tert-OH is 1. The van der Waals surface area contributed by atoms with E-state index in [9.17, 15) is 4.79 Å². The number of aliphatic carboxylic acids is 1. The molecule has 0 atom stereocenters. The second-order valence-corrected chi connectivity index (χ2v) is 1.22. The Balaban J connectivity index is -0.000000180. The van der Waals surface area contributed by atoms with Gasteiger partial charge in [-0.25, -0.2) is 0 Å². The molecule has 0 aromatic rings. The quantitative estimate of drug-likeness (QED) is 0.498. The van der Waals surface area contributed by atoms with Gasteiger partial charge in [0.1, 0.15) is 0 Å². The average molecular weight is 191 g/mol. The van der Waals surface area contributed by atoms with E-state index in [2.05, 4.69) is 0 Å². The maximum Gasteiger partial charge on any atom is 1.00 e. The molecule has 0 radical (unpaired) electrons. The maximum absolute atomic E-state index is 9.65. The molecular formula is C4H9O3Rb. The van der Waals surface area contributed by atoms with Crippen molar-refractivity contribution in [3.63, 3.8) is 0 Å². The summed E-state index contributed by atoms with van der Waals surface area (Å²) in [4.78, 5) is 9.65. The summed E-state index contributed by atoms with van der Waals surface area (Å²) >= 11 is 0. The van der Waals surface area contributed by atoms with Gasteiger partial charge in [0, 0.05) is 13.0 Å². The van der Waals surface area contributed by atoms with Crippen LogP contribution in [0.4, 0.5) is 0 Å². The summed E-state index contributed by atoms with van der Waals surface area (Å²) in [6.07, 6.45) is 0.422. The van der Waals surface area contributed by atoms with Crippen LogP contribution in [0.15, 0.2) is 0 Å². The molecule has 44 valence electrons. The van der Waals surface area contributed by atoms with Crippen molar-refractivity contribution in [2.75, 3.05) is 6.61 Å². The zero-order chi connectivity index (χ0) is 5.70. The third kappa shape index (κ3) is 10.3. The Bertz CT molecular complexity index is 68.8. The molecule has 0 amide bonds. The second kappa shape index (κ2) is 8.24. The van der Waals surface area contributed by atoms with Gasteiger partial charge in [-0.15, -0.1) is 0 Å². The van der Waals surface area contributed by atoms with Gasteiger partial charge in [-0.1, -0.05) is 0 Å². The summed E-state index contributed by atoms with van der Waals surface area (Å²) in [5, 5.41) is 16.0. The van der Waals surface area contributed by atoms with Crippen molar-refractivity contribution in [1.82, 2.24) is 0 Å². The Kier molecular flexibility index (Phi) is 12.3. The fourth-order valence-electron chi connectivity index (χ4n) is 0.230. The summed E-state index contributed by atoms with van der Waals surface area (Å²) < 4.78 is 0. The van der Waals surface area contributed by atoms with Gasteiger partial charge in [0.05, 0.1) is 0 Å². The van der Waals surface area contributed by atoms with Crippen molar-refractivity contribution in [3.8, 4) is 0 Å². The fourth-order valence-corrected chi connectivity index (χ4v) is 0.230. The van der Waals surface area contributed by atoms with E-state index in [1.807, 2.05) is 0 Å². The summed E-state index contributed by atoms with van der Waals surface area (Å²) in [6.45, 7) is -0.0354. The molecule has 0 aromatic carbocycles. The Morgan fingerprint density at radius 3 is 2.25 bits per heavy atom.